The minimum atomic E-state index is -3.57. The molecule has 7 heteroatoms. The summed E-state index contributed by atoms with van der Waals surface area (Å²) < 4.78 is 28.4. The van der Waals surface area contributed by atoms with Gasteiger partial charge in [0.05, 0.1) is 4.90 Å². The second-order valence-electron chi connectivity index (χ2n) is 4.81. The molecule has 2 aromatic rings. The van der Waals surface area contributed by atoms with Crippen molar-refractivity contribution in [2.75, 3.05) is 0 Å². The van der Waals surface area contributed by atoms with Crippen molar-refractivity contribution in [1.29, 1.82) is 0 Å². The zero-order valence-electron chi connectivity index (χ0n) is 11.8. The first-order valence-electron chi connectivity index (χ1n) is 6.35. The van der Waals surface area contributed by atoms with Crippen molar-refractivity contribution in [2.24, 2.45) is 5.73 Å². The summed E-state index contributed by atoms with van der Waals surface area (Å²) in [6.45, 7) is 4.33. The molecule has 0 saturated carbocycles. The minimum absolute atomic E-state index is 0.269. The molecule has 0 aliphatic carbocycles. The SMILES string of the molecule is Cc1cscc1CNS(=O)(=O)c1cc(CN)cc(Br)c1C. The van der Waals surface area contributed by atoms with Gasteiger partial charge in [-0.15, -0.1) is 0 Å². The molecule has 0 bridgehead atoms. The van der Waals surface area contributed by atoms with Crippen LogP contribution in [0.25, 0.3) is 0 Å². The molecule has 1 heterocycles. The van der Waals surface area contributed by atoms with E-state index in [0.717, 1.165) is 21.2 Å². The van der Waals surface area contributed by atoms with E-state index >= 15 is 0 Å². The topological polar surface area (TPSA) is 72.2 Å². The van der Waals surface area contributed by atoms with Crippen LogP contribution in [-0.2, 0) is 23.1 Å². The van der Waals surface area contributed by atoms with Crippen molar-refractivity contribution in [3.63, 3.8) is 0 Å². The Morgan fingerprint density at radius 1 is 1.29 bits per heavy atom. The molecular formula is C14H17BrN2O2S2. The van der Waals surface area contributed by atoms with Crippen LogP contribution in [0.3, 0.4) is 0 Å². The van der Waals surface area contributed by atoms with Crippen molar-refractivity contribution >= 4 is 37.3 Å². The van der Waals surface area contributed by atoms with Crippen LogP contribution < -0.4 is 10.5 Å². The zero-order valence-corrected chi connectivity index (χ0v) is 15.0. The third-order valence-corrected chi connectivity index (χ3v) is 6.56. The van der Waals surface area contributed by atoms with Gasteiger partial charge >= 0.3 is 0 Å². The maximum absolute atomic E-state index is 12.5. The van der Waals surface area contributed by atoms with E-state index < -0.39 is 10.0 Å². The van der Waals surface area contributed by atoms with Gasteiger partial charge in [-0.3, -0.25) is 0 Å². The Morgan fingerprint density at radius 2 is 2.00 bits per heavy atom. The average molecular weight is 389 g/mol. The summed E-state index contributed by atoms with van der Waals surface area (Å²) in [4.78, 5) is 0.269. The molecule has 1 aromatic carbocycles. The maximum atomic E-state index is 12.5. The molecule has 114 valence electrons. The van der Waals surface area contributed by atoms with Crippen molar-refractivity contribution in [3.05, 3.63) is 49.6 Å². The van der Waals surface area contributed by atoms with Crippen LogP contribution in [0.2, 0.25) is 0 Å². The highest BCUT2D eigenvalue weighted by molar-refractivity contribution is 9.10. The van der Waals surface area contributed by atoms with Crippen LogP contribution >= 0.6 is 27.3 Å². The monoisotopic (exact) mass is 388 g/mol. The van der Waals surface area contributed by atoms with Gasteiger partial charge in [-0.25, -0.2) is 13.1 Å². The number of thiophene rings is 1. The van der Waals surface area contributed by atoms with Crippen LogP contribution in [0.5, 0.6) is 0 Å². The molecule has 0 unspecified atom stereocenters. The van der Waals surface area contributed by atoms with E-state index in [-0.39, 0.29) is 4.90 Å². The van der Waals surface area contributed by atoms with Gasteiger partial charge < -0.3 is 5.73 Å². The second kappa shape index (κ2) is 6.58. The fraction of sp³-hybridized carbons (Fsp3) is 0.286. The van der Waals surface area contributed by atoms with E-state index in [9.17, 15) is 8.42 Å². The Bertz CT molecular complexity index is 754. The predicted octanol–water partition coefficient (Wildman–Crippen LogP) is 3.06. The molecule has 0 spiro atoms. The van der Waals surface area contributed by atoms with Crippen molar-refractivity contribution < 1.29 is 8.42 Å². The number of nitrogens with one attached hydrogen (secondary N) is 1. The molecule has 0 saturated heterocycles. The maximum Gasteiger partial charge on any atom is 0.241 e. The van der Waals surface area contributed by atoms with Crippen LogP contribution in [0, 0.1) is 13.8 Å². The van der Waals surface area contributed by atoms with E-state index in [2.05, 4.69) is 20.7 Å². The molecule has 1 aromatic heterocycles. The average Bonchev–Trinajstić information content (AvgIpc) is 2.84. The first kappa shape index (κ1) is 16.6. The summed E-state index contributed by atoms with van der Waals surface area (Å²) in [6, 6.07) is 3.47. The van der Waals surface area contributed by atoms with Crippen LogP contribution in [-0.4, -0.2) is 8.42 Å². The Labute approximate surface area is 137 Å². The number of nitrogens with two attached hydrogens (primary N) is 1. The molecular weight excluding hydrogens is 372 g/mol. The number of benzene rings is 1. The van der Waals surface area contributed by atoms with Gasteiger partial charge in [0.1, 0.15) is 0 Å². The lowest BCUT2D eigenvalue weighted by molar-refractivity contribution is 0.580. The van der Waals surface area contributed by atoms with E-state index in [1.54, 1.807) is 24.3 Å². The lowest BCUT2D eigenvalue weighted by atomic mass is 10.1. The largest absolute Gasteiger partial charge is 0.326 e. The minimum Gasteiger partial charge on any atom is -0.326 e. The molecule has 21 heavy (non-hydrogen) atoms. The van der Waals surface area contributed by atoms with Gasteiger partial charge in [0, 0.05) is 17.6 Å². The van der Waals surface area contributed by atoms with Gasteiger partial charge in [-0.1, -0.05) is 15.9 Å². The number of rotatable bonds is 5. The summed E-state index contributed by atoms with van der Waals surface area (Å²) in [5.74, 6) is 0. The highest BCUT2D eigenvalue weighted by Gasteiger charge is 2.19. The fourth-order valence-corrected chi connectivity index (χ4v) is 4.74. The molecule has 2 rings (SSSR count). The van der Waals surface area contributed by atoms with Gasteiger partial charge in [0.25, 0.3) is 0 Å². The Hall–Kier alpha value is -0.730. The van der Waals surface area contributed by atoms with Gasteiger partial charge in [0.2, 0.25) is 10.0 Å². The molecule has 0 aliphatic heterocycles. The van der Waals surface area contributed by atoms with Crippen molar-refractivity contribution in [2.45, 2.75) is 31.8 Å². The number of aryl methyl sites for hydroxylation is 1. The number of hydrogen-bond acceptors (Lipinski definition) is 4. The number of halogens is 1. The molecule has 0 atom stereocenters. The highest BCUT2D eigenvalue weighted by Crippen LogP contribution is 2.26. The highest BCUT2D eigenvalue weighted by atomic mass is 79.9. The standard InChI is InChI=1S/C14H17BrN2O2S2/c1-9-7-20-8-12(9)6-17-21(18,19)14-4-11(5-16)3-13(15)10(14)2/h3-4,7-8,17H,5-6,16H2,1-2H3. The van der Waals surface area contributed by atoms with Crippen molar-refractivity contribution in [3.8, 4) is 0 Å². The van der Waals surface area contributed by atoms with E-state index in [1.807, 2.05) is 23.8 Å². The first-order chi connectivity index (χ1) is 9.85. The summed E-state index contributed by atoms with van der Waals surface area (Å²) in [5, 5.41) is 3.96. The van der Waals surface area contributed by atoms with Crippen LogP contribution in [0.1, 0.15) is 22.3 Å². The molecule has 0 aliphatic rings. The lowest BCUT2D eigenvalue weighted by Crippen LogP contribution is -2.24. The Morgan fingerprint density at radius 3 is 2.57 bits per heavy atom. The molecule has 3 N–H and O–H groups in total. The first-order valence-corrected chi connectivity index (χ1v) is 9.57. The number of sulfonamides is 1. The van der Waals surface area contributed by atoms with Gasteiger partial charge in [-0.2, -0.15) is 11.3 Å². The fourth-order valence-electron chi connectivity index (χ4n) is 1.92. The van der Waals surface area contributed by atoms with Gasteiger partial charge in [-0.05, 0) is 59.0 Å². The van der Waals surface area contributed by atoms with E-state index in [0.29, 0.717) is 18.7 Å². The quantitative estimate of drug-likeness (QED) is 0.826. The summed E-state index contributed by atoms with van der Waals surface area (Å²) in [6.07, 6.45) is 0. The van der Waals surface area contributed by atoms with Crippen molar-refractivity contribution in [1.82, 2.24) is 4.72 Å². The third-order valence-electron chi connectivity index (χ3n) is 3.30. The summed E-state index contributed by atoms with van der Waals surface area (Å²) in [5.41, 5.74) is 9.17. The molecule has 0 amide bonds. The van der Waals surface area contributed by atoms with Gasteiger partial charge in [0.15, 0.2) is 0 Å². The molecule has 0 fully saturated rings. The predicted molar refractivity (Wildman–Crippen MR) is 89.9 cm³/mol. The lowest BCUT2D eigenvalue weighted by Gasteiger charge is -2.12. The van der Waals surface area contributed by atoms with Crippen LogP contribution in [0.4, 0.5) is 0 Å². The summed E-state index contributed by atoms with van der Waals surface area (Å²) >= 11 is 4.95. The van der Waals surface area contributed by atoms with E-state index in [4.69, 9.17) is 5.73 Å². The smallest absolute Gasteiger partial charge is 0.241 e. The third kappa shape index (κ3) is 3.73. The molecule has 0 radical (unpaired) electrons. The summed E-state index contributed by atoms with van der Waals surface area (Å²) in [7, 11) is -3.57. The van der Waals surface area contributed by atoms with Crippen LogP contribution in [0.15, 0.2) is 32.3 Å². The Balaban J connectivity index is 2.31. The zero-order chi connectivity index (χ0) is 15.6. The second-order valence-corrected chi connectivity index (χ2v) is 8.14. The number of hydrogen-bond donors (Lipinski definition) is 2. The normalized spacial score (nSPS) is 11.8. The van der Waals surface area contributed by atoms with E-state index in [1.165, 1.54) is 0 Å². The Kier molecular flexibility index (Phi) is 5.21. The molecule has 4 nitrogen and oxygen atoms in total.